The van der Waals surface area contributed by atoms with E-state index in [1.165, 1.54) is 0 Å². The van der Waals surface area contributed by atoms with Crippen molar-refractivity contribution in [2.24, 2.45) is 5.73 Å². The molecule has 0 aromatic heterocycles. The Labute approximate surface area is 133 Å². The zero-order valence-corrected chi connectivity index (χ0v) is 14.0. The highest BCUT2D eigenvalue weighted by Gasteiger charge is 2.22. The molecule has 0 saturated heterocycles. The summed E-state index contributed by atoms with van der Waals surface area (Å²) in [5.41, 5.74) is 7.07. The smallest absolute Gasteiger partial charge is 0.127 e. The normalized spacial score (nSPS) is 12.5. The fourth-order valence-corrected chi connectivity index (χ4v) is 2.41. The number of ether oxygens (including phenoxy) is 4. The monoisotopic (exact) mass is 312 g/mol. The van der Waals surface area contributed by atoms with E-state index in [1.54, 1.807) is 28.4 Å². The molecule has 1 rings (SSSR count). The van der Waals surface area contributed by atoms with E-state index < -0.39 is 0 Å². The third-order valence-corrected chi connectivity index (χ3v) is 3.63. The molecule has 0 heterocycles. The number of benzene rings is 1. The largest absolute Gasteiger partial charge is 0.497 e. The second kappa shape index (κ2) is 10.4. The van der Waals surface area contributed by atoms with Gasteiger partial charge in [0.2, 0.25) is 0 Å². The van der Waals surface area contributed by atoms with E-state index in [9.17, 15) is 0 Å². The van der Waals surface area contributed by atoms with Crippen LogP contribution in [0.25, 0.3) is 0 Å². The number of hydrogen-bond donors (Lipinski definition) is 1. The summed E-state index contributed by atoms with van der Waals surface area (Å²) in [6.45, 7) is 3.31. The van der Waals surface area contributed by atoms with Crippen molar-refractivity contribution in [3.8, 4) is 11.5 Å². The van der Waals surface area contributed by atoms with Gasteiger partial charge < -0.3 is 24.7 Å². The maximum absolute atomic E-state index is 6.03. The first-order valence-electron chi connectivity index (χ1n) is 7.35. The van der Waals surface area contributed by atoms with Crippen LogP contribution in [0.15, 0.2) is 18.2 Å². The molecule has 0 amide bonds. The van der Waals surface area contributed by atoms with Crippen molar-refractivity contribution in [3.63, 3.8) is 0 Å². The van der Waals surface area contributed by atoms with Gasteiger partial charge in [-0.25, -0.2) is 0 Å². The molecule has 1 aromatic carbocycles. The Bertz CT molecular complexity index is 421. The van der Waals surface area contributed by atoms with Crippen molar-refractivity contribution in [1.29, 1.82) is 0 Å². The summed E-state index contributed by atoms with van der Waals surface area (Å²) in [5, 5.41) is 0. The quantitative estimate of drug-likeness (QED) is 0.664. The number of methoxy groups -OCH3 is 4. The van der Waals surface area contributed by atoms with E-state index >= 15 is 0 Å². The van der Waals surface area contributed by atoms with Gasteiger partial charge in [-0.15, -0.1) is 0 Å². The first-order valence-corrected chi connectivity index (χ1v) is 7.35. The fourth-order valence-electron chi connectivity index (χ4n) is 2.41. The topological polar surface area (TPSA) is 66.2 Å². The molecule has 0 bridgehead atoms. The van der Waals surface area contributed by atoms with E-state index in [4.69, 9.17) is 24.7 Å². The molecule has 0 fully saturated rings. The summed E-state index contributed by atoms with van der Waals surface area (Å²) >= 11 is 0. The van der Waals surface area contributed by atoms with Crippen molar-refractivity contribution >= 4 is 0 Å². The standard InChI is InChI=1S/C16H28N2O4/c1-19-9-7-18(8-10-20-2)15(12-17)14-6-5-13(21-3)11-16(14)22-4/h5-6,11,15H,7-10,12,17H2,1-4H3. The van der Waals surface area contributed by atoms with Gasteiger partial charge in [-0.2, -0.15) is 0 Å². The number of nitrogens with two attached hydrogens (primary N) is 1. The Hall–Kier alpha value is -1.34. The average Bonchev–Trinajstić information content (AvgIpc) is 2.57. The van der Waals surface area contributed by atoms with Crippen LogP contribution in [-0.2, 0) is 9.47 Å². The Balaban J connectivity index is 3.03. The lowest BCUT2D eigenvalue weighted by atomic mass is 10.0. The highest BCUT2D eigenvalue weighted by Crippen LogP contribution is 2.32. The van der Waals surface area contributed by atoms with Crippen LogP contribution in [0.5, 0.6) is 11.5 Å². The lowest BCUT2D eigenvalue weighted by Gasteiger charge is -2.31. The summed E-state index contributed by atoms with van der Waals surface area (Å²) < 4.78 is 21.2. The fraction of sp³-hybridized carbons (Fsp3) is 0.625. The molecule has 22 heavy (non-hydrogen) atoms. The van der Waals surface area contributed by atoms with Gasteiger partial charge in [-0.05, 0) is 6.07 Å². The molecule has 0 saturated carbocycles. The van der Waals surface area contributed by atoms with E-state index in [1.807, 2.05) is 18.2 Å². The first kappa shape index (κ1) is 18.7. The van der Waals surface area contributed by atoms with Crippen molar-refractivity contribution in [3.05, 3.63) is 23.8 Å². The Kier molecular flexibility index (Phi) is 8.84. The van der Waals surface area contributed by atoms with Crippen molar-refractivity contribution in [2.75, 3.05) is 61.3 Å². The summed E-state index contributed by atoms with van der Waals surface area (Å²) in [7, 11) is 6.68. The second-order valence-corrected chi connectivity index (χ2v) is 4.88. The van der Waals surface area contributed by atoms with Crippen LogP contribution in [0.1, 0.15) is 11.6 Å². The first-order chi connectivity index (χ1) is 10.7. The van der Waals surface area contributed by atoms with Crippen LogP contribution in [0.3, 0.4) is 0 Å². The molecule has 2 N–H and O–H groups in total. The van der Waals surface area contributed by atoms with Crippen molar-refractivity contribution in [1.82, 2.24) is 4.90 Å². The van der Waals surface area contributed by atoms with Gasteiger partial charge in [0.05, 0.1) is 33.5 Å². The third kappa shape index (κ3) is 5.14. The molecule has 6 heteroatoms. The second-order valence-electron chi connectivity index (χ2n) is 4.88. The van der Waals surface area contributed by atoms with Gasteiger partial charge >= 0.3 is 0 Å². The van der Waals surface area contributed by atoms with Gasteiger partial charge in [-0.1, -0.05) is 6.07 Å². The summed E-state index contributed by atoms with van der Waals surface area (Å²) in [6, 6.07) is 5.84. The van der Waals surface area contributed by atoms with Crippen LogP contribution >= 0.6 is 0 Å². The minimum Gasteiger partial charge on any atom is -0.497 e. The molecule has 0 spiro atoms. The number of nitrogens with zero attached hydrogens (tertiary/aromatic N) is 1. The molecule has 6 nitrogen and oxygen atoms in total. The van der Waals surface area contributed by atoms with Crippen LogP contribution < -0.4 is 15.2 Å². The lowest BCUT2D eigenvalue weighted by Crippen LogP contribution is -2.38. The van der Waals surface area contributed by atoms with E-state index in [0.29, 0.717) is 19.8 Å². The molecule has 1 aromatic rings. The molecule has 0 aliphatic rings. The van der Waals surface area contributed by atoms with Crippen LogP contribution in [0.4, 0.5) is 0 Å². The van der Waals surface area contributed by atoms with E-state index in [0.717, 1.165) is 30.2 Å². The maximum atomic E-state index is 6.03. The molecule has 1 atom stereocenters. The zero-order chi connectivity index (χ0) is 16.4. The van der Waals surface area contributed by atoms with Crippen molar-refractivity contribution in [2.45, 2.75) is 6.04 Å². The van der Waals surface area contributed by atoms with Gasteiger partial charge in [0.1, 0.15) is 11.5 Å². The Morgan fingerprint density at radius 3 is 2.09 bits per heavy atom. The van der Waals surface area contributed by atoms with Gasteiger partial charge in [-0.3, -0.25) is 4.90 Å². The summed E-state index contributed by atoms with van der Waals surface area (Å²) in [4.78, 5) is 2.25. The third-order valence-electron chi connectivity index (χ3n) is 3.63. The highest BCUT2D eigenvalue weighted by atomic mass is 16.5. The van der Waals surface area contributed by atoms with Gasteiger partial charge in [0.15, 0.2) is 0 Å². The number of rotatable bonds is 11. The maximum Gasteiger partial charge on any atom is 0.127 e. The SMILES string of the molecule is COCCN(CCOC)C(CN)c1ccc(OC)cc1OC. The van der Waals surface area contributed by atoms with E-state index in [2.05, 4.69) is 4.90 Å². The van der Waals surface area contributed by atoms with Crippen LogP contribution in [0, 0.1) is 0 Å². The van der Waals surface area contributed by atoms with Crippen LogP contribution in [0.2, 0.25) is 0 Å². The Morgan fingerprint density at radius 2 is 1.64 bits per heavy atom. The minimum absolute atomic E-state index is 0.0335. The molecule has 0 aliphatic heterocycles. The highest BCUT2D eigenvalue weighted by molar-refractivity contribution is 5.42. The summed E-state index contributed by atoms with van der Waals surface area (Å²) in [5.74, 6) is 1.53. The van der Waals surface area contributed by atoms with E-state index in [-0.39, 0.29) is 6.04 Å². The predicted octanol–water partition coefficient (Wildman–Crippen LogP) is 1.30. The molecule has 1 unspecified atom stereocenters. The number of hydrogen-bond acceptors (Lipinski definition) is 6. The zero-order valence-electron chi connectivity index (χ0n) is 14.0. The molecular weight excluding hydrogens is 284 g/mol. The molecule has 0 aliphatic carbocycles. The predicted molar refractivity (Wildman–Crippen MR) is 86.7 cm³/mol. The minimum atomic E-state index is 0.0335. The Morgan fingerprint density at radius 1 is 1.00 bits per heavy atom. The lowest BCUT2D eigenvalue weighted by molar-refractivity contribution is 0.0883. The van der Waals surface area contributed by atoms with Gasteiger partial charge in [0.25, 0.3) is 0 Å². The molecule has 126 valence electrons. The molecular formula is C16H28N2O4. The van der Waals surface area contributed by atoms with Crippen LogP contribution in [-0.4, -0.2) is 66.2 Å². The van der Waals surface area contributed by atoms with Crippen molar-refractivity contribution < 1.29 is 18.9 Å². The summed E-state index contributed by atoms with van der Waals surface area (Å²) in [6.07, 6.45) is 0. The average molecular weight is 312 g/mol. The molecule has 0 radical (unpaired) electrons. The van der Waals surface area contributed by atoms with Gasteiger partial charge in [0, 0.05) is 45.5 Å².